The number of ether oxygens (including phenoxy) is 2. The van der Waals surface area contributed by atoms with Crippen molar-refractivity contribution in [2.75, 3.05) is 9.80 Å². The van der Waals surface area contributed by atoms with Crippen LogP contribution in [0.1, 0.15) is 55.6 Å². The van der Waals surface area contributed by atoms with Gasteiger partial charge in [0.05, 0.1) is 10.8 Å². The van der Waals surface area contributed by atoms with Crippen molar-refractivity contribution in [3.63, 3.8) is 0 Å². The van der Waals surface area contributed by atoms with Crippen molar-refractivity contribution in [1.29, 1.82) is 0 Å². The second-order valence-corrected chi connectivity index (χ2v) is 24.5. The molecule has 0 fully saturated rings. The minimum Gasteiger partial charge on any atom is -0.457 e. The van der Waals surface area contributed by atoms with Crippen LogP contribution in [0.3, 0.4) is 0 Å². The molecule has 0 amide bonds. The van der Waals surface area contributed by atoms with Crippen molar-refractivity contribution in [2.24, 2.45) is 0 Å². The predicted octanol–water partition coefficient (Wildman–Crippen LogP) is 24.4. The first-order valence-corrected chi connectivity index (χ1v) is 32.4. The first kappa shape index (κ1) is 60.4. The molecule has 0 radical (unpaired) electrons. The van der Waals surface area contributed by atoms with Crippen molar-refractivity contribution in [3.05, 3.63) is 420 Å². The molecule has 2 aliphatic carbocycles. The lowest BCUT2D eigenvalue weighted by Crippen LogP contribution is -2.28. The van der Waals surface area contributed by atoms with Gasteiger partial charge >= 0.3 is 0 Å². The number of anilines is 6. The summed E-state index contributed by atoms with van der Waals surface area (Å²) in [6.45, 7) is 7.76. The average Bonchev–Trinajstić information content (AvgIpc) is 1.54. The molecule has 0 saturated heterocycles. The van der Waals surface area contributed by atoms with Crippen LogP contribution in [0.15, 0.2) is 341 Å². The van der Waals surface area contributed by atoms with Crippen LogP contribution in [-0.2, 0) is 10.8 Å². The Balaban J connectivity index is 0.775. The molecule has 4 nitrogen and oxygen atoms in total. The Labute approximate surface area is 566 Å². The number of para-hydroxylation sites is 2. The number of fused-ring (bicyclic) bond motifs is 6. The van der Waals surface area contributed by atoms with Crippen LogP contribution in [0.4, 0.5) is 51.7 Å². The predicted molar refractivity (Wildman–Crippen MR) is 389 cm³/mol. The summed E-state index contributed by atoms with van der Waals surface area (Å²) in [6, 6.07) is 104. The van der Waals surface area contributed by atoms with Crippen LogP contribution in [0.2, 0.25) is 0 Å². The molecule has 0 bridgehead atoms. The quantitative estimate of drug-likeness (QED) is 0.0849. The minimum absolute atomic E-state index is 0.237. The molecule has 0 aliphatic heterocycles. The highest BCUT2D eigenvalue weighted by Crippen LogP contribution is 2.60. The second kappa shape index (κ2) is 25.0. The standard InChI is InChI=1S/C90H60F4N2O2/c1-3-59-29-47-71(48-30-59)97-73-51-37-65(38-52-73)89(63-17-7-5-8-18-63)79-23-13-11-21-75(79)77-55-45-69(57-81(77)89)95(87-83(91)25-15-26-84(87)92)67-41-33-61(34-42-67)62-35-43-68(44-36-62)96(88-85(93)27-16-28-86(88)94)70-46-56-78-76-22-12-14-24-80(76)90(82(78)58-70,64-19-9-6-10-20-64)66-39-53-74(54-40-66)98-72-49-31-60(4-2)32-50-72/h3-58H,1-2H2. The van der Waals surface area contributed by atoms with E-state index < -0.39 is 34.1 Å². The van der Waals surface area contributed by atoms with E-state index in [1.807, 2.05) is 182 Å². The highest BCUT2D eigenvalue weighted by Gasteiger charge is 2.48. The summed E-state index contributed by atoms with van der Waals surface area (Å²) < 4.78 is 79.4. The van der Waals surface area contributed by atoms with Crippen molar-refractivity contribution in [2.45, 2.75) is 10.8 Å². The van der Waals surface area contributed by atoms with Crippen LogP contribution < -0.4 is 19.3 Å². The fourth-order valence-electron chi connectivity index (χ4n) is 14.8. The molecule has 0 spiro atoms. The lowest BCUT2D eigenvalue weighted by atomic mass is 9.67. The Kier molecular flexibility index (Phi) is 15.4. The Morgan fingerprint density at radius 1 is 0.265 bits per heavy atom. The Hall–Kier alpha value is -12.5. The van der Waals surface area contributed by atoms with Gasteiger partial charge in [-0.2, -0.15) is 0 Å². The molecule has 470 valence electrons. The summed E-state index contributed by atoms with van der Waals surface area (Å²) in [5.74, 6) is -0.240. The lowest BCUT2D eigenvalue weighted by Gasteiger charge is -2.35. The van der Waals surface area contributed by atoms with E-state index in [9.17, 15) is 0 Å². The third-order valence-electron chi connectivity index (χ3n) is 19.2. The van der Waals surface area contributed by atoms with Gasteiger partial charge in [-0.05, 0) is 210 Å². The number of nitrogens with zero attached hydrogens (tertiary/aromatic N) is 2. The van der Waals surface area contributed by atoms with Crippen molar-refractivity contribution in [1.82, 2.24) is 0 Å². The van der Waals surface area contributed by atoms with E-state index in [0.717, 1.165) is 89.0 Å². The maximum Gasteiger partial charge on any atom is 0.150 e. The molecule has 0 saturated carbocycles. The second-order valence-electron chi connectivity index (χ2n) is 24.5. The largest absolute Gasteiger partial charge is 0.457 e. The number of hydrogen-bond donors (Lipinski definition) is 0. The topological polar surface area (TPSA) is 24.9 Å². The zero-order valence-corrected chi connectivity index (χ0v) is 53.0. The fourth-order valence-corrected chi connectivity index (χ4v) is 14.8. The Morgan fingerprint density at radius 3 is 0.908 bits per heavy atom. The summed E-state index contributed by atoms with van der Waals surface area (Å²) in [7, 11) is 0. The molecule has 2 unspecified atom stereocenters. The van der Waals surface area contributed by atoms with Gasteiger partial charge < -0.3 is 19.3 Å². The maximum absolute atomic E-state index is 16.7. The fraction of sp³-hybridized carbons (Fsp3) is 0.0222. The smallest absolute Gasteiger partial charge is 0.150 e. The van der Waals surface area contributed by atoms with E-state index >= 15 is 17.6 Å². The zero-order chi connectivity index (χ0) is 66.5. The summed E-state index contributed by atoms with van der Waals surface area (Å²) >= 11 is 0. The summed E-state index contributed by atoms with van der Waals surface area (Å²) in [4.78, 5) is 3.28. The van der Waals surface area contributed by atoms with E-state index in [4.69, 9.17) is 9.47 Å². The van der Waals surface area contributed by atoms with Crippen molar-refractivity contribution >= 4 is 46.3 Å². The molecule has 16 rings (SSSR count). The van der Waals surface area contributed by atoms with Gasteiger partial charge in [0.1, 0.15) is 57.6 Å². The van der Waals surface area contributed by atoms with Gasteiger partial charge in [0.25, 0.3) is 0 Å². The molecular formula is C90H60F4N2O2. The first-order valence-electron chi connectivity index (χ1n) is 32.4. The van der Waals surface area contributed by atoms with Gasteiger partial charge in [0, 0.05) is 22.7 Å². The maximum atomic E-state index is 16.7. The number of benzene rings is 14. The van der Waals surface area contributed by atoms with Crippen LogP contribution in [0.5, 0.6) is 23.0 Å². The number of hydrogen-bond acceptors (Lipinski definition) is 4. The van der Waals surface area contributed by atoms with Gasteiger partial charge in [-0.15, -0.1) is 0 Å². The van der Waals surface area contributed by atoms with Gasteiger partial charge in [-0.3, -0.25) is 0 Å². The average molecular weight is 1280 g/mol. The van der Waals surface area contributed by atoms with Gasteiger partial charge in [0.2, 0.25) is 0 Å². The number of rotatable bonds is 17. The summed E-state index contributed by atoms with van der Waals surface area (Å²) in [5.41, 5.74) is 15.4. The third kappa shape index (κ3) is 10.2. The molecule has 14 aromatic rings. The van der Waals surface area contributed by atoms with Crippen molar-refractivity contribution in [3.8, 4) is 56.4 Å². The molecule has 0 heterocycles. The molecule has 8 heteroatoms. The molecular weight excluding hydrogens is 1220 g/mol. The van der Waals surface area contributed by atoms with Gasteiger partial charge in [-0.1, -0.05) is 232 Å². The minimum atomic E-state index is -0.876. The van der Waals surface area contributed by atoms with Crippen LogP contribution in [0, 0.1) is 23.3 Å². The first-order chi connectivity index (χ1) is 48.1. The van der Waals surface area contributed by atoms with Crippen LogP contribution in [-0.4, -0.2) is 0 Å². The molecule has 0 aromatic heterocycles. The monoisotopic (exact) mass is 1280 g/mol. The van der Waals surface area contributed by atoms with E-state index in [2.05, 4.69) is 122 Å². The Bertz CT molecular complexity index is 4960. The van der Waals surface area contributed by atoms with Crippen molar-refractivity contribution < 1.29 is 27.0 Å². The third-order valence-corrected chi connectivity index (χ3v) is 19.2. The lowest BCUT2D eigenvalue weighted by molar-refractivity contribution is 0.482. The summed E-state index contributed by atoms with van der Waals surface area (Å²) in [6.07, 6.45) is 3.58. The molecule has 0 N–H and O–H groups in total. The summed E-state index contributed by atoms with van der Waals surface area (Å²) in [5, 5.41) is 0. The van der Waals surface area contributed by atoms with E-state index in [-0.39, 0.29) is 11.4 Å². The highest BCUT2D eigenvalue weighted by molar-refractivity contribution is 5.92. The van der Waals surface area contributed by atoms with Gasteiger partial charge in [0.15, 0.2) is 0 Å². The molecule has 2 atom stereocenters. The zero-order valence-electron chi connectivity index (χ0n) is 53.0. The van der Waals surface area contributed by atoms with Crippen LogP contribution >= 0.6 is 0 Å². The van der Waals surface area contributed by atoms with Crippen LogP contribution in [0.25, 0.3) is 45.5 Å². The van der Waals surface area contributed by atoms with E-state index in [1.54, 1.807) is 22.0 Å². The normalized spacial score (nSPS) is 14.7. The molecule has 14 aromatic carbocycles. The van der Waals surface area contributed by atoms with E-state index in [0.29, 0.717) is 45.7 Å². The van der Waals surface area contributed by atoms with E-state index in [1.165, 1.54) is 36.4 Å². The molecule has 98 heavy (non-hydrogen) atoms. The number of halogens is 4. The highest BCUT2D eigenvalue weighted by atomic mass is 19.1. The molecule has 2 aliphatic rings. The van der Waals surface area contributed by atoms with Gasteiger partial charge in [-0.25, -0.2) is 17.6 Å². The Morgan fingerprint density at radius 2 is 0.561 bits per heavy atom. The SMILES string of the molecule is C=Cc1ccc(Oc2ccc(C3(c4ccccc4)c4ccccc4-c4ccc(N(c5ccc(-c6ccc(N(c7ccc8c(c7)C(c7ccccc7)(c7ccc(Oc9ccc(C=C)cc9)cc7)c7ccccc7-8)c7c(F)cccc7F)cc6)cc5)c5c(F)cccc5F)cc43)cc2)cc1.